The van der Waals surface area contributed by atoms with Crippen molar-refractivity contribution in [3.8, 4) is 11.1 Å². The third-order valence-electron chi connectivity index (χ3n) is 5.25. The lowest BCUT2D eigenvalue weighted by Crippen LogP contribution is -2.34. The molecule has 1 aliphatic heterocycles. The topological polar surface area (TPSA) is 37.0 Å². The zero-order valence-corrected chi connectivity index (χ0v) is 13.5. The number of nitrogens with one attached hydrogen (secondary N) is 2. The molecule has 3 heteroatoms. The van der Waals surface area contributed by atoms with Crippen molar-refractivity contribution >= 4 is 0 Å². The maximum absolute atomic E-state index is 4.20. The van der Waals surface area contributed by atoms with Crippen LogP contribution in [0.4, 0.5) is 0 Å². The molecule has 3 nitrogen and oxygen atoms in total. The van der Waals surface area contributed by atoms with Gasteiger partial charge in [-0.2, -0.15) is 0 Å². The first-order valence-corrected chi connectivity index (χ1v) is 8.84. The number of nitrogens with zero attached hydrogens (tertiary/aromatic N) is 1. The summed E-state index contributed by atoms with van der Waals surface area (Å²) < 4.78 is 0. The molecular formula is C20H25N3. The molecule has 2 fully saturated rings. The van der Waals surface area contributed by atoms with Gasteiger partial charge in [0, 0.05) is 24.4 Å². The first kappa shape index (κ1) is 14.9. The number of rotatable bonds is 5. The highest BCUT2D eigenvalue weighted by atomic mass is 15.0. The number of pyridine rings is 1. The molecule has 1 aliphatic carbocycles. The van der Waals surface area contributed by atoms with E-state index in [0.717, 1.165) is 5.92 Å². The molecule has 1 aromatic heterocycles. The van der Waals surface area contributed by atoms with Gasteiger partial charge in [0.25, 0.3) is 0 Å². The van der Waals surface area contributed by atoms with Crippen LogP contribution in [0.2, 0.25) is 0 Å². The lowest BCUT2D eigenvalue weighted by atomic mass is 9.98. The van der Waals surface area contributed by atoms with Crippen molar-refractivity contribution < 1.29 is 0 Å². The predicted octanol–water partition coefficient (Wildman–Crippen LogP) is 3.19. The Balaban J connectivity index is 1.31. The zero-order chi connectivity index (χ0) is 15.5. The van der Waals surface area contributed by atoms with Crippen LogP contribution in [0.25, 0.3) is 11.1 Å². The fourth-order valence-electron chi connectivity index (χ4n) is 3.65. The summed E-state index contributed by atoms with van der Waals surface area (Å²) in [5.74, 6) is 1.57. The second kappa shape index (κ2) is 6.81. The van der Waals surface area contributed by atoms with Crippen LogP contribution in [0.5, 0.6) is 0 Å². The van der Waals surface area contributed by atoms with Gasteiger partial charge < -0.3 is 10.6 Å². The largest absolute Gasteiger partial charge is 0.317 e. The van der Waals surface area contributed by atoms with Crippen molar-refractivity contribution in [2.24, 2.45) is 5.92 Å². The molecule has 1 saturated heterocycles. The fraction of sp³-hybridized carbons (Fsp3) is 0.450. The summed E-state index contributed by atoms with van der Waals surface area (Å²) in [6.07, 6.45) is 7.68. The van der Waals surface area contributed by atoms with Crippen LogP contribution in [0.15, 0.2) is 48.8 Å². The van der Waals surface area contributed by atoms with Gasteiger partial charge in [-0.15, -0.1) is 0 Å². The molecule has 2 N–H and O–H groups in total. The van der Waals surface area contributed by atoms with Crippen LogP contribution in [0.3, 0.4) is 0 Å². The van der Waals surface area contributed by atoms with Crippen LogP contribution in [-0.4, -0.2) is 30.7 Å². The van der Waals surface area contributed by atoms with E-state index in [1.54, 1.807) is 0 Å². The summed E-state index contributed by atoms with van der Waals surface area (Å²) in [5, 5.41) is 7.22. The fourth-order valence-corrected chi connectivity index (χ4v) is 3.65. The maximum atomic E-state index is 4.20. The van der Waals surface area contributed by atoms with Crippen LogP contribution in [0, 0.1) is 5.92 Å². The summed E-state index contributed by atoms with van der Waals surface area (Å²) in [4.78, 5) is 4.20. The second-order valence-corrected chi connectivity index (χ2v) is 6.91. The highest BCUT2D eigenvalue weighted by Gasteiger charge is 2.38. The van der Waals surface area contributed by atoms with Crippen LogP contribution in [0.1, 0.15) is 30.7 Å². The minimum absolute atomic E-state index is 0.689. The Morgan fingerprint density at radius 3 is 2.61 bits per heavy atom. The first-order valence-electron chi connectivity index (χ1n) is 8.84. The monoisotopic (exact) mass is 307 g/mol. The molecule has 23 heavy (non-hydrogen) atoms. The maximum Gasteiger partial charge on any atom is 0.0346 e. The summed E-state index contributed by atoms with van der Waals surface area (Å²) in [5.41, 5.74) is 3.91. The van der Waals surface area contributed by atoms with E-state index in [2.05, 4.69) is 45.9 Å². The third kappa shape index (κ3) is 3.62. The number of hydrogen-bond acceptors (Lipinski definition) is 3. The molecule has 120 valence electrons. The molecule has 2 aromatic rings. The normalized spacial score (nSPS) is 24.5. The molecule has 0 bridgehead atoms. The molecule has 2 heterocycles. The van der Waals surface area contributed by atoms with Crippen molar-refractivity contribution in [2.45, 2.75) is 31.2 Å². The lowest BCUT2D eigenvalue weighted by molar-refractivity contribution is 0.355. The van der Waals surface area contributed by atoms with Gasteiger partial charge in [0.05, 0.1) is 0 Å². The Hall–Kier alpha value is -1.71. The quantitative estimate of drug-likeness (QED) is 0.891. The molecule has 1 aromatic carbocycles. The minimum Gasteiger partial charge on any atom is -0.317 e. The molecular weight excluding hydrogens is 282 g/mol. The zero-order valence-electron chi connectivity index (χ0n) is 13.5. The van der Waals surface area contributed by atoms with Gasteiger partial charge in [0.2, 0.25) is 0 Å². The van der Waals surface area contributed by atoms with E-state index >= 15 is 0 Å². The van der Waals surface area contributed by atoms with Crippen LogP contribution < -0.4 is 10.6 Å². The van der Waals surface area contributed by atoms with Crippen molar-refractivity contribution in [1.29, 1.82) is 0 Å². The second-order valence-electron chi connectivity index (χ2n) is 6.91. The number of benzene rings is 1. The molecule has 0 radical (unpaired) electrons. The lowest BCUT2D eigenvalue weighted by Gasteiger charge is -2.22. The SMILES string of the molecule is c1cncc(-c2ccc(C3CC3NCC3CCNCC3)cc2)c1. The molecule has 2 aliphatic rings. The van der Waals surface area contributed by atoms with E-state index in [1.165, 1.54) is 55.6 Å². The highest BCUT2D eigenvalue weighted by molar-refractivity contribution is 5.62. The van der Waals surface area contributed by atoms with E-state index in [0.29, 0.717) is 12.0 Å². The van der Waals surface area contributed by atoms with Crippen LogP contribution >= 0.6 is 0 Å². The van der Waals surface area contributed by atoms with Gasteiger partial charge in [-0.05, 0) is 67.6 Å². The van der Waals surface area contributed by atoms with Crippen molar-refractivity contribution in [3.05, 3.63) is 54.4 Å². The van der Waals surface area contributed by atoms with Crippen molar-refractivity contribution in [2.75, 3.05) is 19.6 Å². The van der Waals surface area contributed by atoms with E-state index in [9.17, 15) is 0 Å². The smallest absolute Gasteiger partial charge is 0.0346 e. The number of hydrogen-bond donors (Lipinski definition) is 2. The average molecular weight is 307 g/mol. The first-order chi connectivity index (χ1) is 11.4. The van der Waals surface area contributed by atoms with E-state index in [1.807, 2.05) is 18.5 Å². The molecule has 2 unspecified atom stereocenters. The molecule has 4 rings (SSSR count). The van der Waals surface area contributed by atoms with Crippen molar-refractivity contribution in [1.82, 2.24) is 15.6 Å². The van der Waals surface area contributed by atoms with Crippen LogP contribution in [-0.2, 0) is 0 Å². The molecule has 0 amide bonds. The summed E-state index contributed by atoms with van der Waals surface area (Å²) >= 11 is 0. The molecule has 1 saturated carbocycles. The van der Waals surface area contributed by atoms with E-state index in [-0.39, 0.29) is 0 Å². The van der Waals surface area contributed by atoms with Gasteiger partial charge in [-0.1, -0.05) is 30.3 Å². The minimum atomic E-state index is 0.689. The summed E-state index contributed by atoms with van der Waals surface area (Å²) in [6.45, 7) is 3.57. The summed E-state index contributed by atoms with van der Waals surface area (Å²) in [7, 11) is 0. The Morgan fingerprint density at radius 2 is 1.87 bits per heavy atom. The van der Waals surface area contributed by atoms with Gasteiger partial charge in [0.15, 0.2) is 0 Å². The highest BCUT2D eigenvalue weighted by Crippen LogP contribution is 2.41. The van der Waals surface area contributed by atoms with E-state index in [4.69, 9.17) is 0 Å². The Labute approximate surface area is 138 Å². The Kier molecular flexibility index (Phi) is 4.40. The molecule has 0 spiro atoms. The summed E-state index contributed by atoms with van der Waals surface area (Å²) in [6, 6.07) is 13.8. The Morgan fingerprint density at radius 1 is 1.04 bits per heavy atom. The number of piperidine rings is 1. The Bertz CT molecular complexity index is 617. The predicted molar refractivity (Wildman–Crippen MR) is 94.4 cm³/mol. The van der Waals surface area contributed by atoms with Gasteiger partial charge in [-0.3, -0.25) is 4.98 Å². The average Bonchev–Trinajstić information content (AvgIpc) is 3.41. The van der Waals surface area contributed by atoms with Gasteiger partial charge in [-0.25, -0.2) is 0 Å². The van der Waals surface area contributed by atoms with Crippen molar-refractivity contribution in [3.63, 3.8) is 0 Å². The third-order valence-corrected chi connectivity index (χ3v) is 5.25. The van der Waals surface area contributed by atoms with Gasteiger partial charge in [0.1, 0.15) is 0 Å². The van der Waals surface area contributed by atoms with E-state index < -0.39 is 0 Å². The number of aromatic nitrogens is 1. The van der Waals surface area contributed by atoms with Gasteiger partial charge >= 0.3 is 0 Å². The standard InChI is InChI=1S/C20H25N3/c1-2-18(14-22-9-1)16-3-5-17(6-4-16)19-12-20(19)23-13-15-7-10-21-11-8-15/h1-6,9,14-15,19-21,23H,7-8,10-13H2. The molecule has 2 atom stereocenters.